The molecule has 3 aliphatic carbocycles. The first-order chi connectivity index (χ1) is 32.5. The van der Waals surface area contributed by atoms with Crippen molar-refractivity contribution in [1.29, 1.82) is 0 Å². The summed E-state index contributed by atoms with van der Waals surface area (Å²) >= 11 is 0. The number of carbonyl (C=O) groups is 4. The van der Waals surface area contributed by atoms with Crippen molar-refractivity contribution in [2.24, 2.45) is 17.3 Å². The molecule has 0 spiro atoms. The van der Waals surface area contributed by atoms with Gasteiger partial charge in [0.1, 0.15) is 59.8 Å². The van der Waals surface area contributed by atoms with Gasteiger partial charge in [-0.2, -0.15) is 5.06 Å². The molecule has 4 saturated heterocycles. The lowest BCUT2D eigenvalue weighted by atomic mass is 9.62. The second kappa shape index (κ2) is 19.4. The molecule has 3 saturated carbocycles. The van der Waals surface area contributed by atoms with Crippen molar-refractivity contribution in [3.8, 4) is 0 Å². The molecule has 7 fully saturated rings. The van der Waals surface area contributed by atoms with E-state index in [0.29, 0.717) is 5.56 Å². The molecule has 370 valence electrons. The van der Waals surface area contributed by atoms with Gasteiger partial charge < -0.3 is 64.6 Å². The number of benzene rings is 2. The fourth-order valence-electron chi connectivity index (χ4n) is 10.5. The predicted molar refractivity (Wildman–Crippen MR) is 236 cm³/mol. The average molecular weight is 950 g/mol. The van der Waals surface area contributed by atoms with Gasteiger partial charge in [-0.1, -0.05) is 48.6 Å². The van der Waals surface area contributed by atoms with Crippen LogP contribution in [0.5, 0.6) is 0 Å². The fraction of sp³-hybridized carbons (Fsp3) is 0.633. The van der Waals surface area contributed by atoms with Crippen LogP contribution in [0.4, 0.5) is 0 Å². The largest absolute Gasteiger partial charge is 0.460 e. The lowest BCUT2D eigenvalue weighted by Gasteiger charge is -2.48. The molecule has 4 aliphatic heterocycles. The summed E-state index contributed by atoms with van der Waals surface area (Å²) in [4.78, 5) is 62.0. The summed E-state index contributed by atoms with van der Waals surface area (Å²) in [7, 11) is 0. The number of hydrogen-bond donors (Lipinski definition) is 7. The van der Waals surface area contributed by atoms with Crippen LogP contribution in [0.1, 0.15) is 92.8 Å². The molecule has 19 heteroatoms. The fourth-order valence-corrected chi connectivity index (χ4v) is 10.5. The summed E-state index contributed by atoms with van der Waals surface area (Å²) < 4.78 is 36.6. The number of amides is 2. The van der Waals surface area contributed by atoms with Crippen LogP contribution in [-0.4, -0.2) is 153 Å². The Morgan fingerprint density at radius 1 is 0.956 bits per heavy atom. The highest BCUT2D eigenvalue weighted by Crippen LogP contribution is 2.64. The molecule has 4 heterocycles. The molecule has 12 atom stereocenters. The van der Waals surface area contributed by atoms with Crippen LogP contribution >= 0.6 is 0 Å². The molecule has 19 nitrogen and oxygen atoms in total. The molecule has 2 amide bonds. The van der Waals surface area contributed by atoms with Crippen molar-refractivity contribution in [3.63, 3.8) is 0 Å². The smallest absolute Gasteiger partial charge is 0.327 e. The van der Waals surface area contributed by atoms with Crippen LogP contribution < -0.4 is 10.6 Å². The van der Waals surface area contributed by atoms with E-state index in [4.69, 9.17) is 33.3 Å². The standard InChI is InChI=1S/C49H63N3O16/c1-47(2,3)65-35(55)18-17-32(24-53)51-43(59)28-11-6-8-26(20-28)22-50-46(61)48-21-33-39-40(67-49(66-39,30-13-14-30)31-15-16-31)42(48)68-52(41(48)44(60)63-33)23-29-10-5-4-9-27(29)12-7-19-62-45-38(58)37(57)36(56)34(25-54)64-45/h4-12,20,30-34,36-42,45,53-54,56-58H,13-19,21-25H2,1-3H3,(H,50,61)(H,51,59). The molecule has 9 rings (SSSR count). The van der Waals surface area contributed by atoms with Crippen LogP contribution in [0.3, 0.4) is 0 Å². The summed E-state index contributed by atoms with van der Waals surface area (Å²) in [5.41, 5.74) is 0.209. The Morgan fingerprint density at radius 2 is 1.69 bits per heavy atom. The number of fused-ring (bicyclic) bond motifs is 4. The van der Waals surface area contributed by atoms with E-state index in [1.165, 1.54) is 5.06 Å². The third-order valence-corrected chi connectivity index (χ3v) is 14.1. The Bertz CT molecular complexity index is 2210. The molecule has 2 bridgehead atoms. The minimum atomic E-state index is -1.58. The van der Waals surface area contributed by atoms with Gasteiger partial charge in [-0.25, -0.2) is 0 Å². The molecule has 12 unspecified atom stereocenters. The van der Waals surface area contributed by atoms with Gasteiger partial charge in [0, 0.05) is 36.8 Å². The van der Waals surface area contributed by atoms with E-state index in [1.807, 2.05) is 24.3 Å². The number of carbonyl (C=O) groups excluding carboxylic acids is 4. The number of esters is 2. The normalized spacial score (nSPS) is 33.4. The van der Waals surface area contributed by atoms with E-state index < -0.39 is 114 Å². The zero-order chi connectivity index (χ0) is 48.1. The Hall–Kier alpha value is -4.38. The van der Waals surface area contributed by atoms with Gasteiger partial charge in [-0.05, 0) is 81.7 Å². The first kappa shape index (κ1) is 48.6. The zero-order valence-corrected chi connectivity index (χ0v) is 38.4. The molecular formula is C49H63N3O16. The predicted octanol–water partition coefficient (Wildman–Crippen LogP) is 1.15. The average Bonchev–Trinajstić information content (AvgIpc) is 4.27. The Balaban J connectivity index is 0.925. The second-order valence-corrected chi connectivity index (χ2v) is 20.2. The number of nitrogens with one attached hydrogen (secondary N) is 2. The third-order valence-electron chi connectivity index (χ3n) is 14.1. The Labute approximate surface area is 393 Å². The van der Waals surface area contributed by atoms with Crippen LogP contribution in [-0.2, 0) is 60.7 Å². The van der Waals surface area contributed by atoms with Gasteiger partial charge in [0.2, 0.25) is 5.91 Å². The summed E-state index contributed by atoms with van der Waals surface area (Å²) in [6, 6.07) is 12.2. The minimum Gasteiger partial charge on any atom is -0.460 e. The number of nitrogens with zero attached hydrogens (tertiary/aromatic N) is 1. The van der Waals surface area contributed by atoms with Gasteiger partial charge in [-0.15, -0.1) is 0 Å². The highest BCUT2D eigenvalue weighted by Gasteiger charge is 2.78. The molecule has 7 N–H and O–H groups in total. The van der Waals surface area contributed by atoms with Crippen molar-refractivity contribution < 1.29 is 78.0 Å². The van der Waals surface area contributed by atoms with Crippen LogP contribution in [0, 0.1) is 17.3 Å². The summed E-state index contributed by atoms with van der Waals surface area (Å²) in [6.45, 7) is 4.30. The van der Waals surface area contributed by atoms with Gasteiger partial charge in [0.25, 0.3) is 5.91 Å². The minimum absolute atomic E-state index is 0.00128. The summed E-state index contributed by atoms with van der Waals surface area (Å²) in [5.74, 6) is -2.43. The van der Waals surface area contributed by atoms with Crippen molar-refractivity contribution >= 4 is 29.8 Å². The number of aliphatic hydroxyl groups is 5. The first-order valence-corrected chi connectivity index (χ1v) is 23.7. The van der Waals surface area contributed by atoms with Crippen LogP contribution in [0.2, 0.25) is 0 Å². The van der Waals surface area contributed by atoms with Crippen molar-refractivity contribution in [1.82, 2.24) is 15.7 Å². The maximum absolute atomic E-state index is 15.1. The first-order valence-electron chi connectivity index (χ1n) is 23.7. The topological polar surface area (TPSA) is 261 Å². The number of rotatable bonds is 18. The lowest BCUT2D eigenvalue weighted by Crippen LogP contribution is -2.69. The Morgan fingerprint density at radius 3 is 2.40 bits per heavy atom. The van der Waals surface area contributed by atoms with Crippen molar-refractivity contribution in [3.05, 3.63) is 76.9 Å². The van der Waals surface area contributed by atoms with E-state index in [9.17, 15) is 39.9 Å². The second-order valence-electron chi connectivity index (χ2n) is 20.2. The number of ether oxygens (including phenoxy) is 6. The molecule has 0 aromatic heterocycles. The molecule has 2 aromatic carbocycles. The van der Waals surface area contributed by atoms with Crippen LogP contribution in [0.15, 0.2) is 54.6 Å². The molecule has 0 radical (unpaired) electrons. The van der Waals surface area contributed by atoms with E-state index in [2.05, 4.69) is 10.6 Å². The number of hydroxylamine groups is 2. The SMILES string of the molecule is CC(C)(C)OC(=O)CCC(CO)NC(=O)c1cccc(CNC(=O)C23CC4OC(=O)C2N(Cc2ccccc2C=CCOC2OC(CO)C(O)C(O)C2O)OC3C2OC(C3CC3)(C3CC3)OC42)c1. The summed E-state index contributed by atoms with van der Waals surface area (Å²) in [6.07, 6.45) is -2.59. The quantitative estimate of drug-likeness (QED) is 0.103. The lowest BCUT2D eigenvalue weighted by molar-refractivity contribution is -0.298. The monoisotopic (exact) mass is 949 g/mol. The van der Waals surface area contributed by atoms with Gasteiger partial charge in [-0.3, -0.25) is 24.0 Å². The maximum Gasteiger partial charge on any atom is 0.327 e. The van der Waals surface area contributed by atoms with Gasteiger partial charge in [0.05, 0.1) is 32.4 Å². The molecular weight excluding hydrogens is 887 g/mol. The third kappa shape index (κ3) is 9.60. The van der Waals surface area contributed by atoms with Crippen LogP contribution in [0.25, 0.3) is 6.08 Å². The molecule has 68 heavy (non-hydrogen) atoms. The highest BCUT2D eigenvalue weighted by molar-refractivity contribution is 5.95. The highest BCUT2D eigenvalue weighted by atomic mass is 16.8. The van der Waals surface area contributed by atoms with E-state index in [1.54, 1.807) is 57.2 Å². The summed E-state index contributed by atoms with van der Waals surface area (Å²) in [5, 5.41) is 57.7. The van der Waals surface area contributed by atoms with E-state index >= 15 is 4.79 Å². The number of hydrogen-bond acceptors (Lipinski definition) is 17. The van der Waals surface area contributed by atoms with Gasteiger partial charge in [0.15, 0.2) is 18.1 Å². The molecule has 7 aliphatic rings. The van der Waals surface area contributed by atoms with Gasteiger partial charge >= 0.3 is 11.9 Å². The maximum atomic E-state index is 15.1. The van der Waals surface area contributed by atoms with E-state index in [0.717, 1.165) is 36.8 Å². The number of aliphatic hydroxyl groups excluding tert-OH is 5. The van der Waals surface area contributed by atoms with Crippen molar-refractivity contribution in [2.45, 2.75) is 157 Å². The zero-order valence-electron chi connectivity index (χ0n) is 38.4. The van der Waals surface area contributed by atoms with E-state index in [-0.39, 0.29) is 63.0 Å². The Kier molecular flexibility index (Phi) is 13.9. The van der Waals surface area contributed by atoms with Crippen molar-refractivity contribution in [2.75, 3.05) is 19.8 Å². The molecule has 2 aromatic rings.